The predicted molar refractivity (Wildman–Crippen MR) is 78.0 cm³/mol. The van der Waals surface area contributed by atoms with Crippen LogP contribution in [0, 0.1) is 5.92 Å². The lowest BCUT2D eigenvalue weighted by molar-refractivity contribution is 0.0205. The molecule has 1 saturated heterocycles. The monoisotopic (exact) mass is 259 g/mol. The predicted octanol–water partition coefficient (Wildman–Crippen LogP) is 3.37. The molecule has 0 aromatic heterocycles. The molecule has 2 heteroatoms. The zero-order valence-electron chi connectivity index (χ0n) is 11.7. The van der Waals surface area contributed by atoms with Gasteiger partial charge in [-0.15, -0.1) is 0 Å². The van der Waals surface area contributed by atoms with Crippen LogP contribution in [0.3, 0.4) is 0 Å². The van der Waals surface area contributed by atoms with Gasteiger partial charge in [-0.3, -0.25) is 4.90 Å². The van der Waals surface area contributed by atoms with Crippen molar-refractivity contribution in [3.8, 4) is 0 Å². The van der Waals surface area contributed by atoms with Gasteiger partial charge in [-0.25, -0.2) is 0 Å². The van der Waals surface area contributed by atoms with Crippen LogP contribution in [0.25, 0.3) is 0 Å². The number of hydrogen-bond acceptors (Lipinski definition) is 2. The number of piperidine rings is 1. The van der Waals surface area contributed by atoms with Crippen LogP contribution in [-0.4, -0.2) is 29.1 Å². The van der Waals surface area contributed by atoms with Crippen molar-refractivity contribution in [2.24, 2.45) is 5.92 Å². The molecule has 3 rings (SSSR count). The van der Waals surface area contributed by atoms with Crippen molar-refractivity contribution in [1.82, 2.24) is 4.90 Å². The first-order chi connectivity index (χ1) is 9.34. The minimum atomic E-state index is -0.332. The van der Waals surface area contributed by atoms with Gasteiger partial charge in [0.15, 0.2) is 0 Å². The largest absolute Gasteiger partial charge is 0.387 e. The molecule has 2 nitrogen and oxygen atoms in total. The first-order valence-electron chi connectivity index (χ1n) is 7.81. The first-order valence-corrected chi connectivity index (χ1v) is 7.81. The molecule has 1 N–H and O–H groups in total. The smallest absolute Gasteiger partial charge is 0.0917 e. The van der Waals surface area contributed by atoms with Crippen molar-refractivity contribution in [3.05, 3.63) is 35.9 Å². The van der Waals surface area contributed by atoms with E-state index >= 15 is 0 Å². The Morgan fingerprint density at radius 1 is 1.05 bits per heavy atom. The number of likely N-dealkylation sites (tertiary alicyclic amines) is 1. The molecule has 0 bridgehead atoms. The summed E-state index contributed by atoms with van der Waals surface area (Å²) in [6, 6.07) is 10.8. The van der Waals surface area contributed by atoms with E-state index in [2.05, 4.69) is 4.90 Å². The van der Waals surface area contributed by atoms with Gasteiger partial charge in [0.1, 0.15) is 0 Å². The summed E-state index contributed by atoms with van der Waals surface area (Å²) in [6.07, 6.45) is 7.91. The van der Waals surface area contributed by atoms with Crippen LogP contribution in [0.1, 0.15) is 50.2 Å². The van der Waals surface area contributed by atoms with E-state index in [-0.39, 0.29) is 6.10 Å². The summed E-state index contributed by atoms with van der Waals surface area (Å²) in [5.74, 6) is 0.894. The molecule has 19 heavy (non-hydrogen) atoms. The molecular weight excluding hydrogens is 234 g/mol. The van der Waals surface area contributed by atoms with Gasteiger partial charge in [0.2, 0.25) is 0 Å². The summed E-state index contributed by atoms with van der Waals surface area (Å²) in [4.78, 5) is 2.56. The minimum absolute atomic E-state index is 0.332. The zero-order valence-corrected chi connectivity index (χ0v) is 11.7. The van der Waals surface area contributed by atoms with E-state index in [1.807, 2.05) is 30.3 Å². The Morgan fingerprint density at radius 3 is 2.63 bits per heavy atom. The van der Waals surface area contributed by atoms with Crippen molar-refractivity contribution in [2.75, 3.05) is 13.1 Å². The van der Waals surface area contributed by atoms with Crippen LogP contribution >= 0.6 is 0 Å². The van der Waals surface area contributed by atoms with Gasteiger partial charge >= 0.3 is 0 Å². The third-order valence-electron chi connectivity index (χ3n) is 4.95. The molecule has 3 atom stereocenters. The highest BCUT2D eigenvalue weighted by atomic mass is 16.3. The highest BCUT2D eigenvalue weighted by molar-refractivity contribution is 5.17. The quantitative estimate of drug-likeness (QED) is 0.899. The number of benzene rings is 1. The maximum atomic E-state index is 10.4. The van der Waals surface area contributed by atoms with Gasteiger partial charge in [0.05, 0.1) is 6.10 Å². The Labute approximate surface area is 116 Å². The van der Waals surface area contributed by atoms with Crippen molar-refractivity contribution < 1.29 is 5.11 Å². The molecule has 0 unspecified atom stereocenters. The van der Waals surface area contributed by atoms with Gasteiger partial charge in [-0.1, -0.05) is 43.2 Å². The fourth-order valence-corrected chi connectivity index (χ4v) is 3.96. The summed E-state index contributed by atoms with van der Waals surface area (Å²) in [5, 5.41) is 10.4. The van der Waals surface area contributed by atoms with Gasteiger partial charge in [-0.05, 0) is 43.7 Å². The molecular formula is C17H25NO. The number of β-amino-alcohol motifs (C(OH)–C–C–N with tert-alkyl or cyclic N) is 1. The Balaban J connectivity index is 1.65. The van der Waals surface area contributed by atoms with Crippen LogP contribution in [0.5, 0.6) is 0 Å². The first kappa shape index (κ1) is 13.1. The number of fused-ring (bicyclic) bond motifs is 1. The van der Waals surface area contributed by atoms with E-state index < -0.39 is 0 Å². The average Bonchev–Trinajstić information content (AvgIpc) is 2.48. The van der Waals surface area contributed by atoms with Gasteiger partial charge in [0.25, 0.3) is 0 Å². The summed E-state index contributed by atoms with van der Waals surface area (Å²) in [7, 11) is 0. The van der Waals surface area contributed by atoms with Crippen molar-refractivity contribution in [1.29, 1.82) is 0 Å². The van der Waals surface area contributed by atoms with E-state index in [9.17, 15) is 5.11 Å². The molecule has 104 valence electrons. The molecule has 1 aliphatic heterocycles. The molecule has 0 amide bonds. The molecule has 0 spiro atoms. The zero-order chi connectivity index (χ0) is 13.1. The third-order valence-corrected chi connectivity index (χ3v) is 4.95. The Hall–Kier alpha value is -0.860. The molecule has 1 aliphatic carbocycles. The SMILES string of the molecule is O[C@H](CN1CCC[C@H]2CCCC[C@@H]21)c1ccccc1. The number of hydrogen-bond donors (Lipinski definition) is 1. The Kier molecular flexibility index (Phi) is 4.19. The molecule has 1 aromatic carbocycles. The van der Waals surface area contributed by atoms with Crippen LogP contribution in [0.15, 0.2) is 30.3 Å². The standard InChI is InChI=1S/C17H25NO/c19-17(15-8-2-1-3-9-15)13-18-12-6-10-14-7-4-5-11-16(14)18/h1-3,8-9,14,16-17,19H,4-7,10-13H2/t14-,16+,17-/m1/s1. The van der Waals surface area contributed by atoms with Gasteiger partial charge in [-0.2, -0.15) is 0 Å². The molecule has 1 heterocycles. The Bertz CT molecular complexity index is 390. The van der Waals surface area contributed by atoms with Crippen LogP contribution in [0.4, 0.5) is 0 Å². The molecule has 1 aromatic rings. The summed E-state index contributed by atoms with van der Waals surface area (Å²) in [5.41, 5.74) is 1.06. The fourth-order valence-electron chi connectivity index (χ4n) is 3.96. The van der Waals surface area contributed by atoms with E-state index in [4.69, 9.17) is 0 Å². The van der Waals surface area contributed by atoms with E-state index in [1.54, 1.807) is 0 Å². The van der Waals surface area contributed by atoms with E-state index in [1.165, 1.54) is 45.1 Å². The lowest BCUT2D eigenvalue weighted by atomic mass is 9.78. The van der Waals surface area contributed by atoms with Gasteiger partial charge < -0.3 is 5.11 Å². The second-order valence-corrected chi connectivity index (χ2v) is 6.18. The van der Waals surface area contributed by atoms with Crippen LogP contribution in [0.2, 0.25) is 0 Å². The maximum absolute atomic E-state index is 10.4. The van der Waals surface area contributed by atoms with E-state index in [0.29, 0.717) is 0 Å². The lowest BCUT2D eigenvalue weighted by Crippen LogP contribution is -2.48. The topological polar surface area (TPSA) is 23.5 Å². The number of nitrogens with zero attached hydrogens (tertiary/aromatic N) is 1. The van der Waals surface area contributed by atoms with Crippen LogP contribution < -0.4 is 0 Å². The van der Waals surface area contributed by atoms with E-state index in [0.717, 1.165) is 24.1 Å². The second-order valence-electron chi connectivity index (χ2n) is 6.18. The van der Waals surface area contributed by atoms with Gasteiger partial charge in [0, 0.05) is 12.6 Å². The highest BCUT2D eigenvalue weighted by Gasteiger charge is 2.33. The highest BCUT2D eigenvalue weighted by Crippen LogP contribution is 2.35. The summed E-state index contributed by atoms with van der Waals surface area (Å²) < 4.78 is 0. The fraction of sp³-hybridized carbons (Fsp3) is 0.647. The summed E-state index contributed by atoms with van der Waals surface area (Å²) >= 11 is 0. The van der Waals surface area contributed by atoms with Crippen molar-refractivity contribution in [3.63, 3.8) is 0 Å². The maximum Gasteiger partial charge on any atom is 0.0917 e. The number of aliphatic hydroxyl groups is 1. The van der Waals surface area contributed by atoms with Crippen molar-refractivity contribution in [2.45, 2.75) is 50.7 Å². The number of aliphatic hydroxyl groups excluding tert-OH is 1. The lowest BCUT2D eigenvalue weighted by Gasteiger charge is -2.44. The number of rotatable bonds is 3. The third kappa shape index (κ3) is 3.01. The minimum Gasteiger partial charge on any atom is -0.387 e. The average molecular weight is 259 g/mol. The van der Waals surface area contributed by atoms with Crippen LogP contribution in [-0.2, 0) is 0 Å². The second kappa shape index (κ2) is 6.06. The molecule has 0 radical (unpaired) electrons. The normalized spacial score (nSPS) is 29.7. The summed E-state index contributed by atoms with van der Waals surface area (Å²) in [6.45, 7) is 1.98. The van der Waals surface area contributed by atoms with Crippen molar-refractivity contribution >= 4 is 0 Å². The Morgan fingerprint density at radius 2 is 1.79 bits per heavy atom. The molecule has 2 fully saturated rings. The molecule has 1 saturated carbocycles. The molecule has 2 aliphatic rings.